The highest BCUT2D eigenvalue weighted by Gasteiger charge is 2.34. The molecule has 0 atom stereocenters. The Morgan fingerprint density at radius 1 is 0.619 bits per heavy atom. The molecule has 0 aliphatic heterocycles. The lowest BCUT2D eigenvalue weighted by molar-refractivity contribution is 0.123. The molecule has 1 nitrogen and oxygen atoms in total. The molecule has 3 aromatic rings. The first-order chi connectivity index (χ1) is 10.2. The maximum Gasteiger partial charge on any atom is 0.141 e. The summed E-state index contributed by atoms with van der Waals surface area (Å²) in [6.07, 6.45) is 0. The lowest BCUT2D eigenvalue weighted by atomic mass is 9.80. The van der Waals surface area contributed by atoms with Gasteiger partial charge in [-0.25, -0.2) is 0 Å². The first-order valence-corrected chi connectivity index (χ1v) is 7.29. The maximum absolute atomic E-state index is 11.6. The molecule has 0 aliphatic rings. The van der Waals surface area contributed by atoms with Gasteiger partial charge < -0.3 is 5.11 Å². The van der Waals surface area contributed by atoms with Gasteiger partial charge in [-0.2, -0.15) is 0 Å². The van der Waals surface area contributed by atoms with E-state index in [1.807, 2.05) is 84.9 Å². The SMILES string of the molecule is OC(c1ccccc1)(c1ccccc1)c1ccccc1S. The quantitative estimate of drug-likeness (QED) is 0.546. The summed E-state index contributed by atoms with van der Waals surface area (Å²) in [4.78, 5) is 0.771. The summed E-state index contributed by atoms with van der Waals surface area (Å²) in [5.74, 6) is 0. The average Bonchev–Trinajstić information content (AvgIpc) is 2.56. The van der Waals surface area contributed by atoms with Crippen LogP contribution in [0.5, 0.6) is 0 Å². The van der Waals surface area contributed by atoms with Crippen molar-refractivity contribution in [3.05, 3.63) is 102 Å². The van der Waals surface area contributed by atoms with Crippen molar-refractivity contribution >= 4 is 12.6 Å². The monoisotopic (exact) mass is 292 g/mol. The van der Waals surface area contributed by atoms with Gasteiger partial charge in [0.1, 0.15) is 5.60 Å². The van der Waals surface area contributed by atoms with Gasteiger partial charge in [-0.1, -0.05) is 78.9 Å². The highest BCUT2D eigenvalue weighted by atomic mass is 32.1. The van der Waals surface area contributed by atoms with E-state index in [2.05, 4.69) is 12.6 Å². The zero-order valence-corrected chi connectivity index (χ0v) is 12.4. The third kappa shape index (κ3) is 2.48. The van der Waals surface area contributed by atoms with Gasteiger partial charge in [0.2, 0.25) is 0 Å². The first kappa shape index (κ1) is 13.9. The lowest BCUT2D eigenvalue weighted by Crippen LogP contribution is -2.29. The van der Waals surface area contributed by atoms with Crippen LogP contribution in [0.4, 0.5) is 0 Å². The zero-order valence-electron chi connectivity index (χ0n) is 11.5. The molecule has 104 valence electrons. The molecule has 0 aromatic heterocycles. The summed E-state index contributed by atoms with van der Waals surface area (Å²) in [5, 5.41) is 11.6. The number of hydrogen-bond acceptors (Lipinski definition) is 2. The van der Waals surface area contributed by atoms with Crippen molar-refractivity contribution in [3.63, 3.8) is 0 Å². The van der Waals surface area contributed by atoms with Gasteiger partial charge in [-0.05, 0) is 17.2 Å². The van der Waals surface area contributed by atoms with E-state index in [-0.39, 0.29) is 0 Å². The molecule has 3 rings (SSSR count). The van der Waals surface area contributed by atoms with Crippen molar-refractivity contribution < 1.29 is 5.11 Å². The van der Waals surface area contributed by atoms with Crippen molar-refractivity contribution in [1.82, 2.24) is 0 Å². The van der Waals surface area contributed by atoms with Crippen LogP contribution in [0, 0.1) is 0 Å². The van der Waals surface area contributed by atoms with Crippen LogP contribution in [-0.2, 0) is 5.60 Å². The third-order valence-electron chi connectivity index (χ3n) is 3.68. The van der Waals surface area contributed by atoms with Gasteiger partial charge in [-0.15, -0.1) is 12.6 Å². The largest absolute Gasteiger partial charge is 0.376 e. The second kappa shape index (κ2) is 5.76. The summed E-state index contributed by atoms with van der Waals surface area (Å²) >= 11 is 4.53. The van der Waals surface area contributed by atoms with Crippen molar-refractivity contribution in [2.24, 2.45) is 0 Å². The van der Waals surface area contributed by atoms with E-state index < -0.39 is 5.60 Å². The second-order valence-electron chi connectivity index (χ2n) is 4.96. The Morgan fingerprint density at radius 2 is 1.05 bits per heavy atom. The molecule has 3 aromatic carbocycles. The van der Waals surface area contributed by atoms with Crippen molar-refractivity contribution in [2.75, 3.05) is 0 Å². The van der Waals surface area contributed by atoms with Gasteiger partial charge in [-0.3, -0.25) is 0 Å². The molecular formula is C19H16OS. The molecule has 0 bridgehead atoms. The Kier molecular flexibility index (Phi) is 3.82. The topological polar surface area (TPSA) is 20.2 Å². The Hall–Kier alpha value is -2.03. The van der Waals surface area contributed by atoms with Crippen LogP contribution >= 0.6 is 12.6 Å². The van der Waals surface area contributed by atoms with Gasteiger partial charge in [0.05, 0.1) is 0 Å². The fourth-order valence-electron chi connectivity index (χ4n) is 2.62. The van der Waals surface area contributed by atoms with Crippen LogP contribution in [0.1, 0.15) is 16.7 Å². The summed E-state index contributed by atoms with van der Waals surface area (Å²) in [6.45, 7) is 0. The molecule has 0 amide bonds. The van der Waals surface area contributed by atoms with Crippen LogP contribution in [0.2, 0.25) is 0 Å². The van der Waals surface area contributed by atoms with E-state index in [0.29, 0.717) is 0 Å². The third-order valence-corrected chi connectivity index (χ3v) is 4.07. The van der Waals surface area contributed by atoms with Gasteiger partial charge >= 0.3 is 0 Å². The van der Waals surface area contributed by atoms with Gasteiger partial charge in [0, 0.05) is 10.5 Å². The molecule has 0 radical (unpaired) electrons. The molecule has 1 N–H and O–H groups in total. The minimum atomic E-state index is -1.21. The molecule has 0 fully saturated rings. The highest BCUT2D eigenvalue weighted by molar-refractivity contribution is 7.80. The molecule has 0 saturated carbocycles. The molecular weight excluding hydrogens is 276 g/mol. The van der Waals surface area contributed by atoms with Crippen molar-refractivity contribution in [3.8, 4) is 0 Å². The Balaban J connectivity index is 2.29. The molecule has 0 saturated heterocycles. The van der Waals surface area contributed by atoms with E-state index in [9.17, 15) is 5.11 Å². The van der Waals surface area contributed by atoms with E-state index >= 15 is 0 Å². The molecule has 0 aliphatic carbocycles. The predicted molar refractivity (Wildman–Crippen MR) is 88.7 cm³/mol. The summed E-state index contributed by atoms with van der Waals surface area (Å²) < 4.78 is 0. The van der Waals surface area contributed by atoms with Crippen molar-refractivity contribution in [1.29, 1.82) is 0 Å². The van der Waals surface area contributed by atoms with Crippen LogP contribution in [-0.4, -0.2) is 5.11 Å². The van der Waals surface area contributed by atoms with E-state index in [4.69, 9.17) is 0 Å². The molecule has 2 heteroatoms. The number of rotatable bonds is 3. The Bertz CT molecular complexity index is 683. The molecule has 0 unspecified atom stereocenters. The number of aliphatic hydroxyl groups is 1. The van der Waals surface area contributed by atoms with Gasteiger partial charge in [0.25, 0.3) is 0 Å². The average molecular weight is 292 g/mol. The first-order valence-electron chi connectivity index (χ1n) is 6.85. The standard InChI is InChI=1S/C19H16OS/c20-19(15-9-3-1-4-10-15,16-11-5-2-6-12-16)17-13-7-8-14-18(17)21/h1-14,20-21H. The number of benzene rings is 3. The number of thiol groups is 1. The minimum absolute atomic E-state index is 0.771. The number of hydrogen-bond donors (Lipinski definition) is 2. The molecule has 21 heavy (non-hydrogen) atoms. The fourth-order valence-corrected chi connectivity index (χ4v) is 2.94. The van der Waals surface area contributed by atoms with Crippen LogP contribution in [0.25, 0.3) is 0 Å². The lowest BCUT2D eigenvalue weighted by Gasteiger charge is -2.31. The normalized spacial score (nSPS) is 11.3. The van der Waals surface area contributed by atoms with Crippen LogP contribution in [0.3, 0.4) is 0 Å². The zero-order chi connectivity index (χ0) is 14.7. The summed E-state index contributed by atoms with van der Waals surface area (Å²) in [5.41, 5.74) is 1.24. The van der Waals surface area contributed by atoms with E-state index in [1.165, 1.54) is 0 Å². The molecule has 0 spiro atoms. The predicted octanol–water partition coefficient (Wildman–Crippen LogP) is 4.26. The second-order valence-corrected chi connectivity index (χ2v) is 5.44. The van der Waals surface area contributed by atoms with Crippen molar-refractivity contribution in [2.45, 2.75) is 10.5 Å². The highest BCUT2D eigenvalue weighted by Crippen LogP contribution is 2.39. The van der Waals surface area contributed by atoms with Crippen LogP contribution < -0.4 is 0 Å². The van der Waals surface area contributed by atoms with E-state index in [0.717, 1.165) is 21.6 Å². The summed E-state index contributed by atoms with van der Waals surface area (Å²) in [6, 6.07) is 27.0. The fraction of sp³-hybridized carbons (Fsp3) is 0.0526. The van der Waals surface area contributed by atoms with E-state index in [1.54, 1.807) is 0 Å². The Morgan fingerprint density at radius 3 is 1.52 bits per heavy atom. The van der Waals surface area contributed by atoms with Crippen LogP contribution in [0.15, 0.2) is 89.8 Å². The maximum atomic E-state index is 11.6. The smallest absolute Gasteiger partial charge is 0.141 e. The van der Waals surface area contributed by atoms with Gasteiger partial charge in [0.15, 0.2) is 0 Å². The Labute approximate surface area is 130 Å². The molecule has 0 heterocycles. The minimum Gasteiger partial charge on any atom is -0.376 e. The summed E-state index contributed by atoms with van der Waals surface area (Å²) in [7, 11) is 0.